The molecular weight excluding hydrogens is 340 g/mol. The number of rotatable bonds is 4. The standard InChI is InChI=1S/C22H18N2O3/c1-14-6-5-7-17(20(14)26-2)21(25)23-16-12-10-15(11-13-16)22-24-18-8-3-4-9-19(18)27-22/h3-13H,1-2H3,(H,23,25). The van der Waals surface area contributed by atoms with Crippen molar-refractivity contribution in [3.05, 3.63) is 77.9 Å². The molecule has 5 nitrogen and oxygen atoms in total. The topological polar surface area (TPSA) is 64.4 Å². The average molecular weight is 358 g/mol. The van der Waals surface area contributed by atoms with Gasteiger partial charge >= 0.3 is 0 Å². The minimum Gasteiger partial charge on any atom is -0.496 e. The lowest BCUT2D eigenvalue weighted by Crippen LogP contribution is -2.13. The van der Waals surface area contributed by atoms with Crippen LogP contribution in [0.3, 0.4) is 0 Å². The van der Waals surface area contributed by atoms with Crippen molar-refractivity contribution in [3.8, 4) is 17.2 Å². The number of nitrogens with one attached hydrogen (secondary N) is 1. The van der Waals surface area contributed by atoms with E-state index in [1.807, 2.05) is 67.6 Å². The number of benzene rings is 3. The summed E-state index contributed by atoms with van der Waals surface area (Å²) in [4.78, 5) is 17.1. The zero-order valence-electron chi connectivity index (χ0n) is 15.0. The predicted molar refractivity (Wildman–Crippen MR) is 105 cm³/mol. The fourth-order valence-corrected chi connectivity index (χ4v) is 2.99. The van der Waals surface area contributed by atoms with E-state index in [9.17, 15) is 4.79 Å². The highest BCUT2D eigenvalue weighted by Crippen LogP contribution is 2.27. The number of carbonyl (C=O) groups is 1. The smallest absolute Gasteiger partial charge is 0.259 e. The van der Waals surface area contributed by atoms with Crippen LogP contribution in [0.2, 0.25) is 0 Å². The van der Waals surface area contributed by atoms with Crippen molar-refractivity contribution in [3.63, 3.8) is 0 Å². The maximum absolute atomic E-state index is 12.6. The SMILES string of the molecule is COc1c(C)cccc1C(=O)Nc1ccc(-c2nc3ccccc3o2)cc1. The van der Waals surface area contributed by atoms with Crippen LogP contribution in [0.1, 0.15) is 15.9 Å². The molecule has 4 aromatic rings. The highest BCUT2D eigenvalue weighted by atomic mass is 16.5. The van der Waals surface area contributed by atoms with Crippen molar-refractivity contribution < 1.29 is 13.9 Å². The Morgan fingerprint density at radius 1 is 1.00 bits per heavy atom. The fraction of sp³-hybridized carbons (Fsp3) is 0.0909. The Hall–Kier alpha value is -3.60. The molecule has 4 rings (SSSR count). The van der Waals surface area contributed by atoms with Crippen LogP contribution in [0.4, 0.5) is 5.69 Å². The van der Waals surface area contributed by atoms with Crippen LogP contribution in [-0.2, 0) is 0 Å². The van der Waals surface area contributed by atoms with Crippen LogP contribution < -0.4 is 10.1 Å². The lowest BCUT2D eigenvalue weighted by molar-refractivity contribution is 0.102. The number of para-hydroxylation sites is 3. The van der Waals surface area contributed by atoms with Crippen molar-refractivity contribution in [2.45, 2.75) is 6.92 Å². The van der Waals surface area contributed by atoms with Gasteiger partial charge in [0.15, 0.2) is 5.58 Å². The number of hydrogen-bond donors (Lipinski definition) is 1. The fourth-order valence-electron chi connectivity index (χ4n) is 2.99. The number of aryl methyl sites for hydroxylation is 1. The number of hydrogen-bond acceptors (Lipinski definition) is 4. The normalized spacial score (nSPS) is 10.7. The molecule has 0 aliphatic heterocycles. The number of anilines is 1. The van der Waals surface area contributed by atoms with Gasteiger partial charge in [0.25, 0.3) is 5.91 Å². The Kier molecular flexibility index (Phi) is 4.34. The highest BCUT2D eigenvalue weighted by Gasteiger charge is 2.14. The third-order valence-electron chi connectivity index (χ3n) is 4.34. The Labute approximate surface area is 156 Å². The van der Waals surface area contributed by atoms with Crippen LogP contribution >= 0.6 is 0 Å². The van der Waals surface area contributed by atoms with E-state index in [1.165, 1.54) is 0 Å². The monoisotopic (exact) mass is 358 g/mol. The first-order valence-corrected chi connectivity index (χ1v) is 8.56. The van der Waals surface area contributed by atoms with Crippen molar-refractivity contribution in [1.82, 2.24) is 4.98 Å². The molecule has 0 saturated carbocycles. The quantitative estimate of drug-likeness (QED) is 0.553. The number of amides is 1. The average Bonchev–Trinajstić information content (AvgIpc) is 3.12. The first-order chi connectivity index (χ1) is 13.2. The molecule has 0 saturated heterocycles. The summed E-state index contributed by atoms with van der Waals surface area (Å²) in [7, 11) is 1.56. The van der Waals surface area contributed by atoms with Crippen molar-refractivity contribution in [2.75, 3.05) is 12.4 Å². The van der Waals surface area contributed by atoms with E-state index in [4.69, 9.17) is 9.15 Å². The lowest BCUT2D eigenvalue weighted by atomic mass is 10.1. The number of nitrogens with zero attached hydrogens (tertiary/aromatic N) is 1. The second kappa shape index (κ2) is 6.96. The van der Waals surface area contributed by atoms with Gasteiger partial charge in [0, 0.05) is 11.3 Å². The molecule has 1 aromatic heterocycles. The third-order valence-corrected chi connectivity index (χ3v) is 4.34. The van der Waals surface area contributed by atoms with E-state index in [0.29, 0.717) is 22.9 Å². The van der Waals surface area contributed by atoms with Gasteiger partial charge in [-0.15, -0.1) is 0 Å². The predicted octanol–water partition coefficient (Wildman–Crippen LogP) is 5.06. The third kappa shape index (κ3) is 3.27. The van der Waals surface area contributed by atoms with E-state index >= 15 is 0 Å². The van der Waals surface area contributed by atoms with Gasteiger partial charge in [0.05, 0.1) is 12.7 Å². The van der Waals surface area contributed by atoms with Gasteiger partial charge in [-0.05, 0) is 55.0 Å². The van der Waals surface area contributed by atoms with Crippen LogP contribution in [0.25, 0.3) is 22.6 Å². The molecule has 0 unspecified atom stereocenters. The van der Waals surface area contributed by atoms with Gasteiger partial charge in [-0.3, -0.25) is 4.79 Å². The van der Waals surface area contributed by atoms with Crippen LogP contribution in [0.15, 0.2) is 71.1 Å². The number of ether oxygens (including phenoxy) is 1. The first-order valence-electron chi connectivity index (χ1n) is 8.56. The Morgan fingerprint density at radius 3 is 2.52 bits per heavy atom. The van der Waals surface area contributed by atoms with Gasteiger partial charge in [-0.2, -0.15) is 0 Å². The largest absolute Gasteiger partial charge is 0.496 e. The maximum Gasteiger partial charge on any atom is 0.259 e. The summed E-state index contributed by atoms with van der Waals surface area (Å²) in [5, 5.41) is 2.90. The Morgan fingerprint density at radius 2 is 1.78 bits per heavy atom. The summed E-state index contributed by atoms with van der Waals surface area (Å²) in [6.07, 6.45) is 0. The number of methoxy groups -OCH3 is 1. The van der Waals surface area contributed by atoms with E-state index in [2.05, 4.69) is 10.3 Å². The molecule has 134 valence electrons. The Balaban J connectivity index is 1.56. The summed E-state index contributed by atoms with van der Waals surface area (Å²) in [6, 6.07) is 20.5. The minimum atomic E-state index is -0.217. The first kappa shape index (κ1) is 16.8. The number of fused-ring (bicyclic) bond motifs is 1. The minimum absolute atomic E-state index is 0.217. The molecule has 27 heavy (non-hydrogen) atoms. The molecule has 0 fully saturated rings. The summed E-state index contributed by atoms with van der Waals surface area (Å²) in [6.45, 7) is 1.91. The van der Waals surface area contributed by atoms with Gasteiger partial charge in [0.1, 0.15) is 11.3 Å². The zero-order chi connectivity index (χ0) is 18.8. The lowest BCUT2D eigenvalue weighted by Gasteiger charge is -2.11. The summed E-state index contributed by atoms with van der Waals surface area (Å²) >= 11 is 0. The molecule has 1 heterocycles. The molecule has 0 bridgehead atoms. The Bertz CT molecular complexity index is 1080. The molecular formula is C22H18N2O3. The van der Waals surface area contributed by atoms with E-state index in [-0.39, 0.29) is 5.91 Å². The molecule has 0 aliphatic carbocycles. The molecule has 0 radical (unpaired) electrons. The zero-order valence-corrected chi connectivity index (χ0v) is 15.0. The molecule has 0 atom stereocenters. The van der Waals surface area contributed by atoms with Gasteiger partial charge in [-0.1, -0.05) is 24.3 Å². The van der Waals surface area contributed by atoms with Crippen molar-refractivity contribution in [1.29, 1.82) is 0 Å². The van der Waals surface area contributed by atoms with Crippen LogP contribution in [-0.4, -0.2) is 18.0 Å². The van der Waals surface area contributed by atoms with Gasteiger partial charge < -0.3 is 14.5 Å². The molecule has 1 N–H and O–H groups in total. The summed E-state index contributed by atoms with van der Waals surface area (Å²) in [5.74, 6) is 0.915. The number of oxazole rings is 1. The summed E-state index contributed by atoms with van der Waals surface area (Å²) < 4.78 is 11.1. The second-order valence-corrected chi connectivity index (χ2v) is 6.17. The van der Waals surface area contributed by atoms with Gasteiger partial charge in [0.2, 0.25) is 5.89 Å². The molecule has 5 heteroatoms. The number of aromatic nitrogens is 1. The number of carbonyl (C=O) groups excluding carboxylic acids is 1. The van der Waals surface area contributed by atoms with E-state index in [0.717, 1.165) is 22.2 Å². The molecule has 1 amide bonds. The van der Waals surface area contributed by atoms with Crippen molar-refractivity contribution >= 4 is 22.7 Å². The summed E-state index contributed by atoms with van der Waals surface area (Å²) in [5.41, 5.74) is 4.51. The van der Waals surface area contributed by atoms with Crippen LogP contribution in [0.5, 0.6) is 5.75 Å². The molecule has 0 spiro atoms. The second-order valence-electron chi connectivity index (χ2n) is 6.17. The van der Waals surface area contributed by atoms with Gasteiger partial charge in [-0.25, -0.2) is 4.98 Å². The van der Waals surface area contributed by atoms with Crippen molar-refractivity contribution in [2.24, 2.45) is 0 Å². The molecule has 3 aromatic carbocycles. The van der Waals surface area contributed by atoms with E-state index in [1.54, 1.807) is 13.2 Å². The maximum atomic E-state index is 12.6. The van der Waals surface area contributed by atoms with E-state index < -0.39 is 0 Å². The van der Waals surface area contributed by atoms with Crippen LogP contribution in [0, 0.1) is 6.92 Å². The highest BCUT2D eigenvalue weighted by molar-refractivity contribution is 6.06. The molecule has 0 aliphatic rings.